The highest BCUT2D eigenvalue weighted by Gasteiger charge is 2.22. The Hall–Kier alpha value is -2.72. The zero-order valence-corrected chi connectivity index (χ0v) is 12.9. The Labute approximate surface area is 135 Å². The van der Waals surface area contributed by atoms with Crippen LogP contribution in [0.15, 0.2) is 30.3 Å². The molecule has 1 aromatic carbocycles. The molecule has 2 heterocycles. The van der Waals surface area contributed by atoms with Crippen molar-refractivity contribution >= 4 is 11.6 Å². The minimum atomic E-state index is 0.334. The van der Waals surface area contributed by atoms with Crippen LogP contribution in [0, 0.1) is 11.3 Å². The molecule has 1 aliphatic heterocycles. The van der Waals surface area contributed by atoms with Crippen LogP contribution in [-0.2, 0) is 0 Å². The average molecular weight is 312 g/mol. The largest absolute Gasteiger partial charge is 0.492 e. The molecule has 0 unspecified atom stereocenters. The fourth-order valence-corrected chi connectivity index (χ4v) is 2.68. The van der Waals surface area contributed by atoms with Crippen LogP contribution in [0.25, 0.3) is 0 Å². The highest BCUT2D eigenvalue weighted by molar-refractivity contribution is 5.64. The quantitative estimate of drug-likeness (QED) is 0.857. The first-order chi connectivity index (χ1) is 11.3. The van der Waals surface area contributed by atoms with Crippen molar-refractivity contribution in [3.05, 3.63) is 35.9 Å². The fraction of sp³-hybridized carbons (Fsp3) is 0.375. The Morgan fingerprint density at radius 3 is 2.65 bits per heavy atom. The molecule has 7 nitrogen and oxygen atoms in total. The van der Waals surface area contributed by atoms with Crippen molar-refractivity contribution in [1.29, 1.82) is 5.26 Å². The van der Waals surface area contributed by atoms with E-state index < -0.39 is 0 Å². The molecule has 0 spiro atoms. The normalized spacial score (nSPS) is 15.3. The van der Waals surface area contributed by atoms with Gasteiger partial charge in [0.1, 0.15) is 29.8 Å². The smallest absolute Gasteiger partial charge is 0.170 e. The summed E-state index contributed by atoms with van der Waals surface area (Å²) in [6.45, 7) is 5.03. The number of nitriles is 1. The van der Waals surface area contributed by atoms with Gasteiger partial charge in [0.05, 0.1) is 0 Å². The van der Waals surface area contributed by atoms with Crippen LogP contribution in [0.5, 0.6) is 5.75 Å². The molecule has 120 valence electrons. The third kappa shape index (κ3) is 3.55. The number of nitrogens with two attached hydrogens (primary N) is 1. The molecule has 2 aromatic rings. The van der Waals surface area contributed by atoms with Gasteiger partial charge in [0, 0.05) is 32.7 Å². The molecule has 7 heteroatoms. The molecule has 1 saturated heterocycles. The molecule has 1 fully saturated rings. The van der Waals surface area contributed by atoms with Gasteiger partial charge in [0.25, 0.3) is 0 Å². The van der Waals surface area contributed by atoms with Crippen molar-refractivity contribution in [1.82, 2.24) is 15.1 Å². The van der Waals surface area contributed by atoms with Crippen LogP contribution in [0.2, 0.25) is 0 Å². The number of anilines is 2. The maximum absolute atomic E-state index is 9.15. The molecular weight excluding hydrogens is 292 g/mol. The van der Waals surface area contributed by atoms with Crippen LogP contribution in [0.3, 0.4) is 0 Å². The maximum atomic E-state index is 9.15. The lowest BCUT2D eigenvalue weighted by molar-refractivity contribution is 0.200. The molecule has 0 aliphatic carbocycles. The first-order valence-corrected chi connectivity index (χ1v) is 7.67. The van der Waals surface area contributed by atoms with E-state index in [4.69, 9.17) is 15.7 Å². The molecular formula is C16H20N6O. The molecule has 0 atom stereocenters. The predicted molar refractivity (Wildman–Crippen MR) is 88.3 cm³/mol. The van der Waals surface area contributed by atoms with Gasteiger partial charge in [-0.05, 0) is 12.1 Å². The zero-order valence-electron chi connectivity index (χ0n) is 12.9. The number of hydrogen-bond donors (Lipinski definition) is 2. The van der Waals surface area contributed by atoms with E-state index in [-0.39, 0.29) is 0 Å². The number of para-hydroxylation sites is 1. The maximum Gasteiger partial charge on any atom is 0.170 e. The highest BCUT2D eigenvalue weighted by atomic mass is 16.5. The first-order valence-electron chi connectivity index (χ1n) is 7.67. The van der Waals surface area contributed by atoms with Crippen molar-refractivity contribution < 1.29 is 4.74 Å². The van der Waals surface area contributed by atoms with Gasteiger partial charge in [-0.2, -0.15) is 10.4 Å². The molecule has 0 radical (unpaired) electrons. The van der Waals surface area contributed by atoms with E-state index in [9.17, 15) is 0 Å². The second-order valence-corrected chi connectivity index (χ2v) is 5.44. The average Bonchev–Trinajstić information content (AvgIpc) is 2.97. The highest BCUT2D eigenvalue weighted by Crippen LogP contribution is 2.22. The SMILES string of the molecule is N#Cc1c(N2CCN(CCOc3ccccc3)CC2)n[nH]c1N. The fourth-order valence-electron chi connectivity index (χ4n) is 2.68. The number of H-pyrrole nitrogens is 1. The summed E-state index contributed by atoms with van der Waals surface area (Å²) in [4.78, 5) is 4.45. The number of rotatable bonds is 5. The van der Waals surface area contributed by atoms with E-state index in [1.807, 2.05) is 30.3 Å². The molecule has 0 bridgehead atoms. The topological polar surface area (TPSA) is 94.2 Å². The summed E-state index contributed by atoms with van der Waals surface area (Å²) in [5, 5.41) is 16.0. The summed E-state index contributed by atoms with van der Waals surface area (Å²) in [6, 6.07) is 11.9. The summed E-state index contributed by atoms with van der Waals surface area (Å²) in [7, 11) is 0. The minimum absolute atomic E-state index is 0.334. The molecule has 1 aromatic heterocycles. The van der Waals surface area contributed by atoms with Crippen molar-refractivity contribution in [2.45, 2.75) is 0 Å². The number of nitrogen functional groups attached to an aromatic ring is 1. The number of ether oxygens (including phenoxy) is 1. The lowest BCUT2D eigenvalue weighted by Gasteiger charge is -2.34. The number of benzene rings is 1. The van der Waals surface area contributed by atoms with Crippen molar-refractivity contribution in [2.75, 3.05) is 50.0 Å². The van der Waals surface area contributed by atoms with E-state index in [1.165, 1.54) is 0 Å². The monoisotopic (exact) mass is 312 g/mol. The Balaban J connectivity index is 1.46. The van der Waals surface area contributed by atoms with E-state index in [1.54, 1.807) is 0 Å². The van der Waals surface area contributed by atoms with E-state index in [2.05, 4.69) is 26.1 Å². The number of nitrogens with one attached hydrogen (secondary N) is 1. The van der Waals surface area contributed by atoms with Gasteiger partial charge in [0.15, 0.2) is 5.82 Å². The van der Waals surface area contributed by atoms with Crippen molar-refractivity contribution in [3.63, 3.8) is 0 Å². The second kappa shape index (κ2) is 7.03. The molecule has 1 aliphatic rings. The lowest BCUT2D eigenvalue weighted by Crippen LogP contribution is -2.47. The van der Waals surface area contributed by atoms with Gasteiger partial charge in [-0.15, -0.1) is 0 Å². The molecule has 0 saturated carbocycles. The van der Waals surface area contributed by atoms with E-state index in [0.29, 0.717) is 23.8 Å². The van der Waals surface area contributed by atoms with Crippen LogP contribution in [0.1, 0.15) is 5.56 Å². The zero-order chi connectivity index (χ0) is 16.1. The second-order valence-electron chi connectivity index (χ2n) is 5.44. The standard InChI is InChI=1S/C16H20N6O/c17-12-14-15(18)19-20-16(14)22-8-6-21(7-9-22)10-11-23-13-4-2-1-3-5-13/h1-5H,6-11H2,(H3,18,19,20). The van der Waals surface area contributed by atoms with Crippen LogP contribution < -0.4 is 15.4 Å². The van der Waals surface area contributed by atoms with Gasteiger partial charge in [-0.25, -0.2) is 0 Å². The summed E-state index contributed by atoms with van der Waals surface area (Å²) in [5.74, 6) is 1.89. The van der Waals surface area contributed by atoms with Crippen molar-refractivity contribution in [2.24, 2.45) is 0 Å². The van der Waals surface area contributed by atoms with E-state index in [0.717, 1.165) is 38.5 Å². The molecule has 23 heavy (non-hydrogen) atoms. The van der Waals surface area contributed by atoms with Gasteiger partial charge in [-0.1, -0.05) is 18.2 Å². The third-order valence-corrected chi connectivity index (χ3v) is 3.98. The van der Waals surface area contributed by atoms with Gasteiger partial charge >= 0.3 is 0 Å². The van der Waals surface area contributed by atoms with Gasteiger partial charge in [-0.3, -0.25) is 10.00 Å². The minimum Gasteiger partial charge on any atom is -0.492 e. The Morgan fingerprint density at radius 1 is 1.22 bits per heavy atom. The Kier molecular flexibility index (Phi) is 4.64. The number of piperazine rings is 1. The Morgan fingerprint density at radius 2 is 1.96 bits per heavy atom. The van der Waals surface area contributed by atoms with Crippen molar-refractivity contribution in [3.8, 4) is 11.8 Å². The lowest BCUT2D eigenvalue weighted by atomic mass is 10.2. The Bertz CT molecular complexity index is 670. The van der Waals surface area contributed by atoms with Gasteiger partial charge < -0.3 is 15.4 Å². The number of nitrogens with zero attached hydrogens (tertiary/aromatic N) is 4. The summed E-state index contributed by atoms with van der Waals surface area (Å²) in [5.41, 5.74) is 6.15. The number of aromatic amines is 1. The molecule has 0 amide bonds. The third-order valence-electron chi connectivity index (χ3n) is 3.98. The number of hydrogen-bond acceptors (Lipinski definition) is 6. The predicted octanol–water partition coefficient (Wildman–Crippen LogP) is 1.06. The first kappa shape index (κ1) is 15.2. The van der Waals surface area contributed by atoms with Crippen LogP contribution in [-0.4, -0.2) is 54.4 Å². The van der Waals surface area contributed by atoms with Gasteiger partial charge in [0.2, 0.25) is 0 Å². The summed E-state index contributed by atoms with van der Waals surface area (Å²) < 4.78 is 5.73. The molecule has 3 rings (SSSR count). The van der Waals surface area contributed by atoms with E-state index >= 15 is 0 Å². The molecule has 3 N–H and O–H groups in total. The van der Waals surface area contributed by atoms with Crippen LogP contribution >= 0.6 is 0 Å². The summed E-state index contributed by atoms with van der Waals surface area (Å²) >= 11 is 0. The number of aromatic nitrogens is 2. The van der Waals surface area contributed by atoms with Crippen LogP contribution in [0.4, 0.5) is 11.6 Å². The summed E-state index contributed by atoms with van der Waals surface area (Å²) in [6.07, 6.45) is 0.